The number of non-ortho nitro benzene ring substituents is 1. The number of nitrogens with zero attached hydrogens (tertiary/aromatic N) is 3. The van der Waals surface area contributed by atoms with E-state index in [9.17, 15) is 28.1 Å². The highest BCUT2D eigenvalue weighted by Gasteiger charge is 2.21. The number of carbonyl (C=O) groups excluding carboxylic acids is 2. The van der Waals surface area contributed by atoms with Gasteiger partial charge in [-0.1, -0.05) is 18.2 Å². The summed E-state index contributed by atoms with van der Waals surface area (Å²) in [5.41, 5.74) is 4.85. The van der Waals surface area contributed by atoms with Crippen molar-refractivity contribution < 1.29 is 22.9 Å². The van der Waals surface area contributed by atoms with Crippen LogP contribution in [0, 0.1) is 10.1 Å². The van der Waals surface area contributed by atoms with Gasteiger partial charge in [0.1, 0.15) is 6.54 Å². The van der Waals surface area contributed by atoms with Gasteiger partial charge in [0.2, 0.25) is 15.0 Å². The summed E-state index contributed by atoms with van der Waals surface area (Å²) in [7, 11) is -3.71. The molecule has 12 heteroatoms. The van der Waals surface area contributed by atoms with Gasteiger partial charge in [0.25, 0.3) is 17.5 Å². The molecule has 2 aromatic carbocycles. The number of nitrogens with one attached hydrogen (secondary N) is 2. The average Bonchev–Trinajstić information content (AvgIpc) is 3.05. The Kier molecular flexibility index (Phi) is 5.28. The summed E-state index contributed by atoms with van der Waals surface area (Å²) in [6.07, 6.45) is 0.979. The molecule has 0 aliphatic heterocycles. The molecule has 3 rings (SSSR count). The molecule has 0 aliphatic carbocycles. The minimum absolute atomic E-state index is 0.0237. The summed E-state index contributed by atoms with van der Waals surface area (Å²) in [5.74, 6) is -1.47. The largest absolute Gasteiger partial charge is 0.305 e. The first-order valence-corrected chi connectivity index (χ1v) is 10.0. The zero-order chi connectivity index (χ0) is 21.2. The van der Waals surface area contributed by atoms with Gasteiger partial charge in [-0.05, 0) is 18.2 Å². The van der Waals surface area contributed by atoms with Crippen molar-refractivity contribution in [3.05, 3.63) is 64.2 Å². The Balaban J connectivity index is 1.76. The van der Waals surface area contributed by atoms with Crippen LogP contribution in [0.25, 0.3) is 11.0 Å². The molecule has 1 aromatic heterocycles. The molecule has 0 saturated heterocycles. The van der Waals surface area contributed by atoms with E-state index in [1.165, 1.54) is 22.8 Å². The van der Waals surface area contributed by atoms with E-state index in [1.807, 2.05) is 0 Å². The molecule has 0 atom stereocenters. The predicted octanol–water partition coefficient (Wildman–Crippen LogP) is 0.809. The van der Waals surface area contributed by atoms with E-state index >= 15 is 0 Å². The van der Waals surface area contributed by atoms with Gasteiger partial charge >= 0.3 is 0 Å². The van der Waals surface area contributed by atoms with Gasteiger partial charge < -0.3 is 4.57 Å². The van der Waals surface area contributed by atoms with E-state index < -0.39 is 33.1 Å². The lowest BCUT2D eigenvalue weighted by atomic mass is 10.2. The highest BCUT2D eigenvalue weighted by molar-refractivity contribution is 7.90. The number of nitro groups is 1. The summed E-state index contributed by atoms with van der Waals surface area (Å²) in [4.78, 5) is 38.6. The van der Waals surface area contributed by atoms with Crippen LogP contribution in [0.2, 0.25) is 0 Å². The highest BCUT2D eigenvalue weighted by atomic mass is 32.2. The van der Waals surface area contributed by atoms with Crippen LogP contribution in [0.15, 0.2) is 53.7 Å². The first-order chi connectivity index (χ1) is 13.7. The normalized spacial score (nSPS) is 11.2. The molecule has 150 valence electrons. The smallest absolute Gasteiger partial charge is 0.270 e. The van der Waals surface area contributed by atoms with E-state index in [-0.39, 0.29) is 16.4 Å². The summed E-state index contributed by atoms with van der Waals surface area (Å²) in [6.45, 7) is -0.419. The highest BCUT2D eigenvalue weighted by Crippen LogP contribution is 2.19. The minimum Gasteiger partial charge on any atom is -0.305 e. The van der Waals surface area contributed by atoms with Crippen molar-refractivity contribution in [2.45, 2.75) is 11.7 Å². The molecule has 0 radical (unpaired) electrons. The Morgan fingerprint density at radius 2 is 1.86 bits per heavy atom. The molecular formula is C17H15N5O6S. The Morgan fingerprint density at radius 1 is 1.14 bits per heavy atom. The van der Waals surface area contributed by atoms with Crippen molar-refractivity contribution in [3.63, 3.8) is 0 Å². The maximum Gasteiger partial charge on any atom is 0.270 e. The van der Waals surface area contributed by atoms with Gasteiger partial charge in [0.05, 0.1) is 16.0 Å². The third-order valence-electron chi connectivity index (χ3n) is 3.89. The molecule has 11 nitrogen and oxygen atoms in total. The van der Waals surface area contributed by atoms with Gasteiger partial charge in [-0.25, -0.2) is 13.4 Å². The second-order valence-electron chi connectivity index (χ2n) is 6.05. The topological polar surface area (TPSA) is 153 Å². The number of benzene rings is 2. The monoisotopic (exact) mass is 417 g/mol. The quantitative estimate of drug-likeness (QED) is 0.460. The molecule has 0 fully saturated rings. The number of aromatic nitrogens is 2. The lowest BCUT2D eigenvalue weighted by Crippen LogP contribution is -2.43. The number of rotatable bonds is 5. The Labute approximate surface area is 164 Å². The fraction of sp³-hybridized carbons (Fsp3) is 0.118. The first kappa shape index (κ1) is 19.9. The summed E-state index contributed by atoms with van der Waals surface area (Å²) in [6, 6.07) is 11.6. The third-order valence-corrected chi connectivity index (χ3v) is 4.86. The maximum absolute atomic E-state index is 12.3. The van der Waals surface area contributed by atoms with Crippen molar-refractivity contribution in [2.75, 3.05) is 6.26 Å². The van der Waals surface area contributed by atoms with Crippen LogP contribution in [0.5, 0.6) is 0 Å². The number of hydrogen-bond donors (Lipinski definition) is 2. The van der Waals surface area contributed by atoms with Crippen LogP contribution in [0.1, 0.15) is 10.4 Å². The molecule has 29 heavy (non-hydrogen) atoms. The molecule has 0 bridgehead atoms. The Morgan fingerprint density at radius 3 is 2.55 bits per heavy atom. The average molecular weight is 417 g/mol. The zero-order valence-corrected chi connectivity index (χ0v) is 15.8. The molecule has 2 N–H and O–H groups in total. The zero-order valence-electron chi connectivity index (χ0n) is 15.0. The number of fused-ring (bicyclic) bond motifs is 1. The predicted molar refractivity (Wildman–Crippen MR) is 102 cm³/mol. The number of hydrogen-bond acceptors (Lipinski definition) is 7. The molecule has 3 aromatic rings. The SMILES string of the molecule is CS(=O)(=O)c1nc2ccccc2n1CC(=O)NNC(=O)c1cccc([N+](=O)[O-])c1. The number of carbonyl (C=O) groups is 2. The van der Waals surface area contributed by atoms with Gasteiger partial charge in [-0.15, -0.1) is 0 Å². The summed E-state index contributed by atoms with van der Waals surface area (Å²) < 4.78 is 25.2. The molecule has 0 unspecified atom stereocenters. The molecule has 2 amide bonds. The number of amides is 2. The molecule has 0 aliphatic rings. The molecule has 1 heterocycles. The molecule has 0 spiro atoms. The fourth-order valence-electron chi connectivity index (χ4n) is 2.63. The lowest BCUT2D eigenvalue weighted by Gasteiger charge is -2.10. The molecule has 0 saturated carbocycles. The number of hydrazine groups is 1. The second-order valence-corrected chi connectivity index (χ2v) is 7.96. The fourth-order valence-corrected chi connectivity index (χ4v) is 3.46. The Hall–Kier alpha value is -3.80. The van der Waals surface area contributed by atoms with Gasteiger partial charge in [0.15, 0.2) is 0 Å². The van der Waals surface area contributed by atoms with Crippen LogP contribution in [0.3, 0.4) is 0 Å². The summed E-state index contributed by atoms with van der Waals surface area (Å²) in [5, 5.41) is 10.5. The van der Waals surface area contributed by atoms with Crippen molar-refractivity contribution in [3.8, 4) is 0 Å². The van der Waals surface area contributed by atoms with Crippen molar-refractivity contribution in [1.82, 2.24) is 20.4 Å². The number of para-hydroxylation sites is 2. The molecular weight excluding hydrogens is 402 g/mol. The van der Waals surface area contributed by atoms with Gasteiger partial charge in [-0.2, -0.15) is 0 Å². The minimum atomic E-state index is -3.71. The Bertz CT molecular complexity index is 1230. The number of imidazole rings is 1. The van der Waals surface area contributed by atoms with E-state index in [2.05, 4.69) is 15.8 Å². The van der Waals surface area contributed by atoms with Crippen molar-refractivity contribution in [2.24, 2.45) is 0 Å². The van der Waals surface area contributed by atoms with E-state index in [1.54, 1.807) is 24.3 Å². The van der Waals surface area contributed by atoms with Crippen LogP contribution in [-0.4, -0.2) is 41.0 Å². The van der Waals surface area contributed by atoms with Gasteiger partial charge in [0, 0.05) is 24.0 Å². The van der Waals surface area contributed by atoms with Gasteiger partial charge in [-0.3, -0.25) is 30.6 Å². The van der Waals surface area contributed by atoms with Crippen molar-refractivity contribution >= 4 is 38.4 Å². The summed E-state index contributed by atoms with van der Waals surface area (Å²) >= 11 is 0. The maximum atomic E-state index is 12.3. The third kappa shape index (κ3) is 4.38. The van der Waals surface area contributed by atoms with Crippen molar-refractivity contribution in [1.29, 1.82) is 0 Å². The first-order valence-electron chi connectivity index (χ1n) is 8.16. The van der Waals surface area contributed by atoms with E-state index in [0.717, 1.165) is 12.3 Å². The second kappa shape index (κ2) is 7.67. The van der Waals surface area contributed by atoms with Crippen LogP contribution in [-0.2, 0) is 21.2 Å². The van der Waals surface area contributed by atoms with Crippen LogP contribution >= 0.6 is 0 Å². The number of nitro benzene ring substituents is 1. The lowest BCUT2D eigenvalue weighted by molar-refractivity contribution is -0.384. The van der Waals surface area contributed by atoms with E-state index in [0.29, 0.717) is 11.0 Å². The van der Waals surface area contributed by atoms with Crippen LogP contribution < -0.4 is 10.9 Å². The van der Waals surface area contributed by atoms with Crippen LogP contribution in [0.4, 0.5) is 5.69 Å². The standard InChI is InChI=1S/C17H15N5O6S/c1-29(27,28)17-18-13-7-2-3-8-14(13)21(17)10-15(23)19-20-16(24)11-5-4-6-12(9-11)22(25)26/h2-9H,10H2,1H3,(H,19,23)(H,20,24). The number of sulfone groups is 1. The van der Waals surface area contributed by atoms with E-state index in [4.69, 9.17) is 0 Å².